The van der Waals surface area contributed by atoms with Gasteiger partial charge in [-0.2, -0.15) is 0 Å². The van der Waals surface area contributed by atoms with Gasteiger partial charge in [0.25, 0.3) is 0 Å². The van der Waals surface area contributed by atoms with E-state index in [1.54, 1.807) is 13.8 Å². The third kappa shape index (κ3) is 8.40. The molecule has 0 N–H and O–H groups in total. The second-order valence-corrected chi connectivity index (χ2v) is 5.67. The molecule has 0 saturated heterocycles. The van der Waals surface area contributed by atoms with Crippen molar-refractivity contribution in [3.63, 3.8) is 0 Å². The largest absolute Gasteiger partial charge is 0.369 e. The molecule has 0 aliphatic rings. The maximum Gasteiger partial charge on any atom is 0.356 e. The van der Waals surface area contributed by atoms with Gasteiger partial charge in [-0.25, -0.2) is 0 Å². The second kappa shape index (κ2) is 9.79. The number of halogens is 1. The van der Waals surface area contributed by atoms with Gasteiger partial charge < -0.3 is 13.8 Å². The Labute approximate surface area is 100 Å². The predicted molar refractivity (Wildman–Crippen MR) is 64.7 cm³/mol. The predicted octanol–water partition coefficient (Wildman–Crippen LogP) is 3.40. The Morgan fingerprint density at radius 2 is 1.73 bits per heavy atom. The lowest BCUT2D eigenvalue weighted by Gasteiger charge is -2.16. The summed E-state index contributed by atoms with van der Waals surface area (Å²) in [4.78, 5) is 0. The minimum absolute atomic E-state index is 0.0525. The van der Waals surface area contributed by atoms with Crippen molar-refractivity contribution in [1.82, 2.24) is 0 Å². The van der Waals surface area contributed by atoms with Crippen LogP contribution in [0.5, 0.6) is 0 Å². The fourth-order valence-corrected chi connectivity index (χ4v) is 2.74. The normalized spacial score (nSPS) is 11.9. The Hall–Kier alpha value is 0.590. The topological polar surface area (TPSA) is 44.8 Å². The first-order valence-corrected chi connectivity index (χ1v) is 8.05. The third-order valence-electron chi connectivity index (χ3n) is 1.57. The second-order valence-electron chi connectivity index (χ2n) is 2.88. The van der Waals surface area contributed by atoms with Crippen molar-refractivity contribution in [2.75, 3.05) is 31.5 Å². The Bertz CT molecular complexity index is 179. The van der Waals surface area contributed by atoms with Crippen LogP contribution in [-0.2, 0) is 18.3 Å². The average Bonchev–Trinajstić information content (AvgIpc) is 2.18. The van der Waals surface area contributed by atoms with E-state index in [0.717, 1.165) is 18.2 Å². The molecular weight excluding hydrogens is 283 g/mol. The van der Waals surface area contributed by atoms with Gasteiger partial charge in [-0.05, 0) is 26.7 Å². The zero-order valence-electron chi connectivity index (χ0n) is 9.41. The van der Waals surface area contributed by atoms with Crippen molar-refractivity contribution >= 4 is 23.5 Å². The zero-order chi connectivity index (χ0) is 11.6. The van der Waals surface area contributed by atoms with Crippen LogP contribution in [0.3, 0.4) is 0 Å². The molecular formula is C9H20BrO4P. The molecule has 4 nitrogen and oxygen atoms in total. The van der Waals surface area contributed by atoms with Crippen molar-refractivity contribution in [2.24, 2.45) is 0 Å². The molecule has 0 atom stereocenters. The van der Waals surface area contributed by atoms with E-state index in [2.05, 4.69) is 15.9 Å². The van der Waals surface area contributed by atoms with E-state index >= 15 is 0 Å². The van der Waals surface area contributed by atoms with E-state index in [0.29, 0.717) is 19.8 Å². The van der Waals surface area contributed by atoms with Gasteiger partial charge in [0.05, 0.1) is 13.2 Å². The van der Waals surface area contributed by atoms with Crippen LogP contribution in [0, 0.1) is 0 Å². The Kier molecular flexibility index (Phi) is 10.2. The molecule has 0 rings (SSSR count). The van der Waals surface area contributed by atoms with E-state index in [9.17, 15) is 4.57 Å². The third-order valence-corrected chi connectivity index (χ3v) is 3.94. The van der Waals surface area contributed by atoms with Crippen molar-refractivity contribution in [1.29, 1.82) is 0 Å². The van der Waals surface area contributed by atoms with Gasteiger partial charge in [-0.1, -0.05) is 15.9 Å². The van der Waals surface area contributed by atoms with Crippen molar-refractivity contribution in [2.45, 2.75) is 26.7 Å². The van der Waals surface area contributed by atoms with Gasteiger partial charge in [-0.15, -0.1) is 0 Å². The molecule has 92 valence electrons. The van der Waals surface area contributed by atoms with Crippen LogP contribution in [0.4, 0.5) is 0 Å². The molecule has 0 bridgehead atoms. The summed E-state index contributed by atoms with van der Waals surface area (Å²) in [7, 11) is -3.00. The van der Waals surface area contributed by atoms with Crippen LogP contribution in [0.1, 0.15) is 26.7 Å². The van der Waals surface area contributed by atoms with Crippen LogP contribution in [0.2, 0.25) is 0 Å². The lowest BCUT2D eigenvalue weighted by molar-refractivity contribution is 0.130. The van der Waals surface area contributed by atoms with Crippen molar-refractivity contribution in [3.05, 3.63) is 0 Å². The molecule has 0 heterocycles. The molecule has 0 radical (unpaired) electrons. The van der Waals surface area contributed by atoms with Crippen LogP contribution in [-0.4, -0.2) is 31.5 Å². The summed E-state index contributed by atoms with van der Waals surface area (Å²) in [5.41, 5.74) is 0. The number of ether oxygens (including phenoxy) is 1. The number of unbranched alkanes of at least 4 members (excludes halogenated alkanes) is 1. The number of alkyl halides is 1. The Morgan fingerprint density at radius 1 is 1.13 bits per heavy atom. The molecule has 0 saturated carbocycles. The first-order chi connectivity index (χ1) is 7.18. The summed E-state index contributed by atoms with van der Waals surface area (Å²) in [6.45, 7) is 4.92. The maximum absolute atomic E-state index is 11.9. The summed E-state index contributed by atoms with van der Waals surface area (Å²) in [5.74, 6) is 0. The molecule has 0 aromatic carbocycles. The van der Waals surface area contributed by atoms with E-state index < -0.39 is 7.60 Å². The number of rotatable bonds is 10. The minimum Gasteiger partial charge on any atom is -0.369 e. The van der Waals surface area contributed by atoms with Gasteiger partial charge in [0.2, 0.25) is 0 Å². The Balaban J connectivity index is 3.71. The summed E-state index contributed by atoms with van der Waals surface area (Å²) in [6.07, 6.45) is 2.05. The molecule has 0 amide bonds. The molecule has 0 spiro atoms. The SMILES string of the molecule is CCOP(=O)(COCCCCBr)OCC. The molecule has 0 aromatic rings. The van der Waals surface area contributed by atoms with Gasteiger partial charge in [0.15, 0.2) is 0 Å². The fraction of sp³-hybridized carbons (Fsp3) is 1.00. The highest BCUT2D eigenvalue weighted by Gasteiger charge is 2.23. The summed E-state index contributed by atoms with van der Waals surface area (Å²) in [6, 6.07) is 0. The molecule has 0 fully saturated rings. The summed E-state index contributed by atoms with van der Waals surface area (Å²) >= 11 is 3.33. The van der Waals surface area contributed by atoms with Crippen LogP contribution in [0.15, 0.2) is 0 Å². The Morgan fingerprint density at radius 3 is 2.20 bits per heavy atom. The zero-order valence-corrected chi connectivity index (χ0v) is 11.9. The molecule has 0 aromatic heterocycles. The number of hydrogen-bond donors (Lipinski definition) is 0. The highest BCUT2D eigenvalue weighted by Crippen LogP contribution is 2.47. The van der Waals surface area contributed by atoms with Crippen LogP contribution >= 0.6 is 23.5 Å². The smallest absolute Gasteiger partial charge is 0.356 e. The molecule has 0 unspecified atom stereocenters. The summed E-state index contributed by atoms with van der Waals surface area (Å²) in [5, 5.41) is 0.963. The average molecular weight is 303 g/mol. The monoisotopic (exact) mass is 302 g/mol. The first kappa shape index (κ1) is 15.6. The first-order valence-electron chi connectivity index (χ1n) is 5.20. The van der Waals surface area contributed by atoms with Gasteiger partial charge >= 0.3 is 7.60 Å². The molecule has 0 aliphatic carbocycles. The van der Waals surface area contributed by atoms with E-state index in [4.69, 9.17) is 13.8 Å². The minimum atomic E-state index is -3.00. The van der Waals surface area contributed by atoms with Crippen molar-refractivity contribution in [3.8, 4) is 0 Å². The van der Waals surface area contributed by atoms with Gasteiger partial charge in [-0.3, -0.25) is 4.57 Å². The quantitative estimate of drug-likeness (QED) is 0.352. The van der Waals surface area contributed by atoms with Crippen molar-refractivity contribution < 1.29 is 18.3 Å². The maximum atomic E-state index is 11.9. The standard InChI is InChI=1S/C9H20BrO4P/c1-3-13-15(11,14-4-2)9-12-8-6-5-7-10/h3-9H2,1-2H3. The molecule has 6 heteroatoms. The van der Waals surface area contributed by atoms with E-state index in [1.807, 2.05) is 0 Å². The summed E-state index contributed by atoms with van der Waals surface area (Å²) < 4.78 is 27.3. The lowest BCUT2D eigenvalue weighted by Crippen LogP contribution is -2.04. The van der Waals surface area contributed by atoms with E-state index in [1.165, 1.54) is 0 Å². The lowest BCUT2D eigenvalue weighted by atomic mass is 10.4. The van der Waals surface area contributed by atoms with Crippen LogP contribution < -0.4 is 0 Å². The molecule has 0 aliphatic heterocycles. The van der Waals surface area contributed by atoms with Crippen LogP contribution in [0.25, 0.3) is 0 Å². The van der Waals surface area contributed by atoms with Gasteiger partial charge in [0, 0.05) is 11.9 Å². The highest BCUT2D eigenvalue weighted by molar-refractivity contribution is 9.09. The fourth-order valence-electron chi connectivity index (χ4n) is 0.980. The van der Waals surface area contributed by atoms with Gasteiger partial charge in [0.1, 0.15) is 6.35 Å². The molecule has 15 heavy (non-hydrogen) atoms. The number of hydrogen-bond acceptors (Lipinski definition) is 4. The van der Waals surface area contributed by atoms with E-state index in [-0.39, 0.29) is 6.35 Å². The highest BCUT2D eigenvalue weighted by atomic mass is 79.9.